The van der Waals surface area contributed by atoms with Gasteiger partial charge in [-0.05, 0) is 24.3 Å². The molecule has 0 aliphatic carbocycles. The predicted octanol–water partition coefficient (Wildman–Crippen LogP) is 2.49. The van der Waals surface area contributed by atoms with Gasteiger partial charge in [-0.2, -0.15) is 0 Å². The maximum atomic E-state index is 11.8. The molecule has 0 aliphatic rings. The fraction of sp³-hybridized carbons (Fsp3) is 0.562. The van der Waals surface area contributed by atoms with Crippen molar-refractivity contribution >= 4 is 5.91 Å². The van der Waals surface area contributed by atoms with Gasteiger partial charge in [0, 0.05) is 20.6 Å². The van der Waals surface area contributed by atoms with Crippen LogP contribution in [0.1, 0.15) is 32.3 Å². The standard InChI is InChI=1S/C16H26N2O/c1-12(2)15(14-9-7-6-8-10-14)11-17-13(3)16(19)18(4)5/h6-10,12-13,15,17H,11H2,1-5H3. The monoisotopic (exact) mass is 262 g/mol. The second kappa shape index (κ2) is 7.29. The van der Waals surface area contributed by atoms with Crippen LogP contribution in [0, 0.1) is 5.92 Å². The lowest BCUT2D eigenvalue weighted by atomic mass is 9.88. The highest BCUT2D eigenvalue weighted by atomic mass is 16.2. The summed E-state index contributed by atoms with van der Waals surface area (Å²) in [5.74, 6) is 1.09. The van der Waals surface area contributed by atoms with Gasteiger partial charge in [0.1, 0.15) is 0 Å². The number of nitrogens with zero attached hydrogens (tertiary/aromatic N) is 1. The topological polar surface area (TPSA) is 32.3 Å². The van der Waals surface area contributed by atoms with Gasteiger partial charge >= 0.3 is 0 Å². The summed E-state index contributed by atoms with van der Waals surface area (Å²) >= 11 is 0. The molecule has 106 valence electrons. The molecule has 0 spiro atoms. The minimum absolute atomic E-state index is 0.121. The van der Waals surface area contributed by atoms with Crippen LogP contribution in [-0.2, 0) is 4.79 Å². The molecule has 19 heavy (non-hydrogen) atoms. The van der Waals surface area contributed by atoms with Crippen molar-refractivity contribution in [3.05, 3.63) is 35.9 Å². The first-order valence-corrected chi connectivity index (χ1v) is 6.93. The van der Waals surface area contributed by atoms with E-state index in [9.17, 15) is 4.79 Å². The molecule has 1 aromatic carbocycles. The van der Waals surface area contributed by atoms with Gasteiger partial charge in [0.2, 0.25) is 5.91 Å². The van der Waals surface area contributed by atoms with Gasteiger partial charge in [-0.25, -0.2) is 0 Å². The third-order valence-corrected chi connectivity index (χ3v) is 3.49. The third kappa shape index (κ3) is 4.67. The second-order valence-corrected chi connectivity index (χ2v) is 5.62. The quantitative estimate of drug-likeness (QED) is 0.854. The minimum Gasteiger partial charge on any atom is -0.347 e. The van der Waals surface area contributed by atoms with Crippen LogP contribution in [0.4, 0.5) is 0 Å². The molecule has 2 atom stereocenters. The average molecular weight is 262 g/mol. The number of carbonyl (C=O) groups is 1. The maximum Gasteiger partial charge on any atom is 0.238 e. The first kappa shape index (κ1) is 15.7. The van der Waals surface area contributed by atoms with E-state index >= 15 is 0 Å². The summed E-state index contributed by atoms with van der Waals surface area (Å²) in [6, 6.07) is 10.3. The van der Waals surface area contributed by atoms with Crippen molar-refractivity contribution < 1.29 is 4.79 Å². The summed E-state index contributed by atoms with van der Waals surface area (Å²) in [6.07, 6.45) is 0. The highest BCUT2D eigenvalue weighted by Gasteiger charge is 2.19. The van der Waals surface area contributed by atoms with E-state index in [0.717, 1.165) is 6.54 Å². The van der Waals surface area contributed by atoms with Gasteiger partial charge < -0.3 is 10.2 Å². The van der Waals surface area contributed by atoms with Crippen LogP contribution in [-0.4, -0.2) is 37.5 Å². The Balaban J connectivity index is 2.64. The normalized spacial score (nSPS) is 14.2. The molecule has 0 radical (unpaired) electrons. The fourth-order valence-electron chi connectivity index (χ4n) is 2.22. The highest BCUT2D eigenvalue weighted by molar-refractivity contribution is 5.80. The molecule has 1 N–H and O–H groups in total. The Morgan fingerprint density at radius 3 is 2.21 bits per heavy atom. The number of nitrogens with one attached hydrogen (secondary N) is 1. The molecule has 2 unspecified atom stereocenters. The van der Waals surface area contributed by atoms with E-state index in [1.807, 2.05) is 13.0 Å². The van der Waals surface area contributed by atoms with Crippen molar-refractivity contribution in [3.8, 4) is 0 Å². The molecule has 1 aromatic rings. The molecule has 0 fully saturated rings. The largest absolute Gasteiger partial charge is 0.347 e. The second-order valence-electron chi connectivity index (χ2n) is 5.62. The zero-order valence-corrected chi connectivity index (χ0v) is 12.7. The molecule has 1 rings (SSSR count). The molecule has 0 aliphatic heterocycles. The van der Waals surface area contributed by atoms with Crippen molar-refractivity contribution in [2.24, 2.45) is 5.92 Å². The Morgan fingerprint density at radius 1 is 1.16 bits per heavy atom. The molecular formula is C16H26N2O. The zero-order valence-electron chi connectivity index (χ0n) is 12.7. The van der Waals surface area contributed by atoms with E-state index in [4.69, 9.17) is 0 Å². The molecule has 0 bridgehead atoms. The van der Waals surface area contributed by atoms with Gasteiger partial charge in [0.15, 0.2) is 0 Å². The Morgan fingerprint density at radius 2 is 1.74 bits per heavy atom. The van der Waals surface area contributed by atoms with Gasteiger partial charge in [-0.3, -0.25) is 4.79 Å². The third-order valence-electron chi connectivity index (χ3n) is 3.49. The number of likely N-dealkylation sites (N-methyl/N-ethyl adjacent to an activating group) is 1. The molecule has 0 aromatic heterocycles. The number of carbonyl (C=O) groups excluding carboxylic acids is 1. The Hall–Kier alpha value is -1.35. The van der Waals surface area contributed by atoms with E-state index < -0.39 is 0 Å². The Bertz CT molecular complexity index is 387. The summed E-state index contributed by atoms with van der Waals surface area (Å²) in [4.78, 5) is 13.5. The van der Waals surface area contributed by atoms with Gasteiger partial charge in [-0.1, -0.05) is 44.2 Å². The number of benzene rings is 1. The maximum absolute atomic E-state index is 11.8. The number of amides is 1. The van der Waals surface area contributed by atoms with E-state index in [1.165, 1.54) is 5.56 Å². The summed E-state index contributed by atoms with van der Waals surface area (Å²) in [6.45, 7) is 7.18. The van der Waals surface area contributed by atoms with E-state index in [0.29, 0.717) is 11.8 Å². The average Bonchev–Trinajstić information content (AvgIpc) is 2.38. The van der Waals surface area contributed by atoms with Crippen LogP contribution in [0.2, 0.25) is 0 Å². The molecule has 3 heteroatoms. The summed E-state index contributed by atoms with van der Waals surface area (Å²) in [5.41, 5.74) is 1.33. The SMILES string of the molecule is CC(NCC(c1ccccc1)C(C)C)C(=O)N(C)C. The van der Waals surface area contributed by atoms with E-state index in [-0.39, 0.29) is 11.9 Å². The highest BCUT2D eigenvalue weighted by Crippen LogP contribution is 2.23. The molecule has 0 saturated carbocycles. The van der Waals surface area contributed by atoms with Gasteiger partial charge in [0.25, 0.3) is 0 Å². The Labute approximate surface area is 117 Å². The molecule has 1 amide bonds. The lowest BCUT2D eigenvalue weighted by molar-refractivity contribution is -0.130. The van der Waals surface area contributed by atoms with Crippen LogP contribution in [0.3, 0.4) is 0 Å². The molecule has 0 saturated heterocycles. The van der Waals surface area contributed by atoms with Crippen LogP contribution in [0.15, 0.2) is 30.3 Å². The van der Waals surface area contributed by atoms with Crippen molar-refractivity contribution in [1.82, 2.24) is 10.2 Å². The molecule has 3 nitrogen and oxygen atoms in total. The van der Waals surface area contributed by atoms with Crippen molar-refractivity contribution in [3.63, 3.8) is 0 Å². The zero-order chi connectivity index (χ0) is 14.4. The number of rotatable bonds is 6. The van der Waals surface area contributed by atoms with E-state index in [1.54, 1.807) is 19.0 Å². The summed E-state index contributed by atoms with van der Waals surface area (Å²) < 4.78 is 0. The fourth-order valence-corrected chi connectivity index (χ4v) is 2.22. The lowest BCUT2D eigenvalue weighted by Crippen LogP contribution is -2.43. The summed E-state index contributed by atoms with van der Waals surface area (Å²) in [7, 11) is 3.58. The Kier molecular flexibility index (Phi) is 6.03. The van der Waals surface area contributed by atoms with Crippen LogP contribution < -0.4 is 5.32 Å². The number of hydrogen-bond acceptors (Lipinski definition) is 2. The van der Waals surface area contributed by atoms with Gasteiger partial charge in [0.05, 0.1) is 6.04 Å². The smallest absolute Gasteiger partial charge is 0.238 e. The van der Waals surface area contributed by atoms with Crippen LogP contribution in [0.25, 0.3) is 0 Å². The first-order chi connectivity index (χ1) is 8.93. The van der Waals surface area contributed by atoms with Crippen molar-refractivity contribution in [1.29, 1.82) is 0 Å². The first-order valence-electron chi connectivity index (χ1n) is 6.93. The number of hydrogen-bond donors (Lipinski definition) is 1. The van der Waals surface area contributed by atoms with Crippen LogP contribution >= 0.6 is 0 Å². The summed E-state index contributed by atoms with van der Waals surface area (Å²) in [5, 5.41) is 3.35. The van der Waals surface area contributed by atoms with Gasteiger partial charge in [-0.15, -0.1) is 0 Å². The van der Waals surface area contributed by atoms with E-state index in [2.05, 4.69) is 43.4 Å². The molecular weight excluding hydrogens is 236 g/mol. The van der Waals surface area contributed by atoms with Crippen molar-refractivity contribution in [2.75, 3.05) is 20.6 Å². The predicted molar refractivity (Wildman–Crippen MR) is 80.2 cm³/mol. The minimum atomic E-state index is -0.139. The lowest BCUT2D eigenvalue weighted by Gasteiger charge is -2.25. The van der Waals surface area contributed by atoms with Crippen molar-refractivity contribution in [2.45, 2.75) is 32.7 Å². The van der Waals surface area contributed by atoms with Crippen LogP contribution in [0.5, 0.6) is 0 Å². The molecule has 0 heterocycles.